The maximum absolute atomic E-state index is 14.4. The molecule has 4 rings (SSSR count). The van der Waals surface area contributed by atoms with Gasteiger partial charge in [0.25, 0.3) is 0 Å². The molecule has 4 N–H and O–H groups in total. The van der Waals surface area contributed by atoms with Crippen LogP contribution in [0.4, 0.5) is 0 Å². The minimum absolute atomic E-state index is 0.0150. The third-order valence-electron chi connectivity index (χ3n) is 11.7. The van der Waals surface area contributed by atoms with Crippen LogP contribution < -0.4 is 0 Å². The quantitative estimate of drug-likeness (QED) is 0.220. The first-order valence-electron chi connectivity index (χ1n) is 14.6. The number of ether oxygens (including phenoxy) is 1. The van der Waals surface area contributed by atoms with Crippen LogP contribution in [0.2, 0.25) is 0 Å². The van der Waals surface area contributed by atoms with E-state index in [-0.39, 0.29) is 37.1 Å². The molecule has 0 aromatic heterocycles. The van der Waals surface area contributed by atoms with Crippen LogP contribution in [-0.4, -0.2) is 68.0 Å². The molecule has 4 aliphatic carbocycles. The van der Waals surface area contributed by atoms with E-state index in [0.717, 1.165) is 5.57 Å². The summed E-state index contributed by atoms with van der Waals surface area (Å²) in [7, 11) is 0. The molecular formula is C32H48O8. The molecule has 3 saturated carbocycles. The molecule has 0 aromatic rings. The van der Waals surface area contributed by atoms with Crippen molar-refractivity contribution < 1.29 is 39.5 Å². The number of esters is 1. The van der Waals surface area contributed by atoms with Crippen molar-refractivity contribution >= 4 is 17.5 Å². The molecule has 40 heavy (non-hydrogen) atoms. The van der Waals surface area contributed by atoms with E-state index in [0.29, 0.717) is 19.3 Å². The van der Waals surface area contributed by atoms with E-state index < -0.39 is 62.7 Å². The lowest BCUT2D eigenvalue weighted by Crippen LogP contribution is -2.66. The van der Waals surface area contributed by atoms with E-state index in [1.807, 2.05) is 27.7 Å². The number of aliphatic hydroxyl groups is 4. The van der Waals surface area contributed by atoms with E-state index in [9.17, 15) is 34.8 Å². The smallest absolute Gasteiger partial charge is 0.303 e. The fourth-order valence-corrected chi connectivity index (χ4v) is 9.56. The zero-order valence-corrected chi connectivity index (χ0v) is 25.3. The third kappa shape index (κ3) is 4.19. The third-order valence-corrected chi connectivity index (χ3v) is 11.7. The van der Waals surface area contributed by atoms with Crippen LogP contribution in [0.1, 0.15) is 87.5 Å². The lowest BCUT2D eigenvalue weighted by atomic mass is 9.38. The normalized spacial score (nSPS) is 42.4. The summed E-state index contributed by atoms with van der Waals surface area (Å²) >= 11 is 0. The highest BCUT2D eigenvalue weighted by molar-refractivity contribution is 5.97. The molecule has 8 heteroatoms. The predicted octanol–water partition coefficient (Wildman–Crippen LogP) is 3.29. The summed E-state index contributed by atoms with van der Waals surface area (Å²) in [6, 6.07) is 0. The van der Waals surface area contributed by atoms with Crippen molar-refractivity contribution in [2.75, 3.05) is 6.61 Å². The summed E-state index contributed by atoms with van der Waals surface area (Å²) in [5.74, 6) is -2.70. The summed E-state index contributed by atoms with van der Waals surface area (Å²) in [6.07, 6.45) is 5.10. The molecule has 3 fully saturated rings. The molecular weight excluding hydrogens is 512 g/mol. The van der Waals surface area contributed by atoms with Crippen molar-refractivity contribution in [3.05, 3.63) is 23.8 Å². The van der Waals surface area contributed by atoms with Crippen LogP contribution >= 0.6 is 0 Å². The van der Waals surface area contributed by atoms with Gasteiger partial charge in [0.2, 0.25) is 0 Å². The predicted molar refractivity (Wildman–Crippen MR) is 149 cm³/mol. The molecule has 4 aliphatic rings. The Hall–Kier alpha value is -1.87. The summed E-state index contributed by atoms with van der Waals surface area (Å²) in [5.41, 5.74) is -5.21. The number of carbonyl (C=O) groups is 3. The van der Waals surface area contributed by atoms with E-state index in [2.05, 4.69) is 6.08 Å². The number of ketones is 2. The molecule has 0 heterocycles. The van der Waals surface area contributed by atoms with Gasteiger partial charge < -0.3 is 25.2 Å². The Morgan fingerprint density at radius 1 is 1.10 bits per heavy atom. The summed E-state index contributed by atoms with van der Waals surface area (Å²) in [5, 5.41) is 45.1. The highest BCUT2D eigenvalue weighted by Crippen LogP contribution is 2.74. The Labute approximate surface area is 237 Å². The van der Waals surface area contributed by atoms with Crippen LogP contribution in [-0.2, 0) is 19.1 Å². The highest BCUT2D eigenvalue weighted by atomic mass is 16.6. The molecule has 0 unspecified atom stereocenters. The van der Waals surface area contributed by atoms with Gasteiger partial charge in [0.1, 0.15) is 17.0 Å². The number of allylic oxidation sites excluding steroid dienone is 1. The second-order valence-electron chi connectivity index (χ2n) is 14.7. The maximum atomic E-state index is 14.4. The van der Waals surface area contributed by atoms with Crippen molar-refractivity contribution in [1.82, 2.24) is 0 Å². The van der Waals surface area contributed by atoms with Gasteiger partial charge in [-0.15, -0.1) is 0 Å². The Morgan fingerprint density at radius 3 is 2.30 bits per heavy atom. The van der Waals surface area contributed by atoms with Crippen LogP contribution in [0.5, 0.6) is 0 Å². The number of fused-ring (bicyclic) bond motifs is 5. The molecule has 224 valence electrons. The zero-order chi connectivity index (χ0) is 30.3. The van der Waals surface area contributed by atoms with E-state index in [1.54, 1.807) is 13.8 Å². The number of hydrogen-bond acceptors (Lipinski definition) is 8. The Morgan fingerprint density at radius 2 is 1.73 bits per heavy atom. The first-order chi connectivity index (χ1) is 18.2. The molecule has 0 spiro atoms. The number of Topliss-reactive ketones (excluding diaryl/α,β-unsaturated/α-hetero) is 1. The summed E-state index contributed by atoms with van der Waals surface area (Å²) in [4.78, 5) is 39.3. The Bertz CT molecular complexity index is 1150. The molecule has 0 aliphatic heterocycles. The number of aliphatic hydroxyl groups excluding tert-OH is 3. The molecule has 9 atom stereocenters. The minimum Gasteiger partial charge on any atom is -0.456 e. The van der Waals surface area contributed by atoms with Gasteiger partial charge in [-0.05, 0) is 81.3 Å². The van der Waals surface area contributed by atoms with E-state index >= 15 is 0 Å². The Balaban J connectivity index is 1.76. The minimum atomic E-state index is -2.00. The topological polar surface area (TPSA) is 141 Å². The number of rotatable bonds is 6. The first kappa shape index (κ1) is 31.1. The van der Waals surface area contributed by atoms with Crippen LogP contribution in [0.3, 0.4) is 0 Å². The van der Waals surface area contributed by atoms with E-state index in [1.165, 1.54) is 26.0 Å². The fraction of sp³-hybridized carbons (Fsp3) is 0.781. The SMILES string of the molecule is CC(=O)OC(C)(C)/C=C/C(=O)[C@](C)(O)[C@@H]1[C@H](O)C[C@@]2(C)[C@@H]3CC=C4[C@H](CC[C@@H](O)C4(C)C)[C@]3(CO)C(=O)C[C@]12C. The van der Waals surface area contributed by atoms with Gasteiger partial charge in [-0.25, -0.2) is 0 Å². The Kier molecular flexibility index (Phi) is 7.44. The van der Waals surface area contributed by atoms with Crippen molar-refractivity contribution in [1.29, 1.82) is 0 Å². The molecule has 0 radical (unpaired) electrons. The maximum Gasteiger partial charge on any atom is 0.303 e. The second-order valence-corrected chi connectivity index (χ2v) is 14.7. The molecule has 0 amide bonds. The lowest BCUT2D eigenvalue weighted by Gasteiger charge is -2.65. The van der Waals surface area contributed by atoms with Crippen LogP contribution in [0.15, 0.2) is 23.8 Å². The second kappa shape index (κ2) is 9.58. The van der Waals surface area contributed by atoms with Crippen molar-refractivity contribution in [2.24, 2.45) is 39.4 Å². The van der Waals surface area contributed by atoms with Gasteiger partial charge in [0.05, 0.1) is 24.2 Å². The average molecular weight is 561 g/mol. The van der Waals surface area contributed by atoms with Gasteiger partial charge >= 0.3 is 5.97 Å². The first-order valence-corrected chi connectivity index (χ1v) is 14.6. The highest BCUT2D eigenvalue weighted by Gasteiger charge is 2.75. The number of hydrogen-bond donors (Lipinski definition) is 4. The number of carbonyl (C=O) groups excluding carboxylic acids is 3. The monoisotopic (exact) mass is 560 g/mol. The largest absolute Gasteiger partial charge is 0.456 e. The summed E-state index contributed by atoms with van der Waals surface area (Å²) in [6.45, 7) is 13.5. The zero-order valence-electron chi connectivity index (χ0n) is 25.3. The summed E-state index contributed by atoms with van der Waals surface area (Å²) < 4.78 is 5.23. The molecule has 0 saturated heterocycles. The van der Waals surface area contributed by atoms with Gasteiger partial charge in [0.15, 0.2) is 5.78 Å². The lowest BCUT2D eigenvalue weighted by molar-refractivity contribution is -0.191. The van der Waals surface area contributed by atoms with Crippen molar-refractivity contribution in [3.8, 4) is 0 Å². The van der Waals surface area contributed by atoms with E-state index in [4.69, 9.17) is 4.74 Å². The fourth-order valence-electron chi connectivity index (χ4n) is 9.56. The average Bonchev–Trinajstić information content (AvgIpc) is 3.03. The van der Waals surface area contributed by atoms with Gasteiger partial charge in [-0.1, -0.05) is 39.3 Å². The van der Waals surface area contributed by atoms with Gasteiger partial charge in [-0.2, -0.15) is 0 Å². The van der Waals surface area contributed by atoms with Gasteiger partial charge in [-0.3, -0.25) is 14.4 Å². The van der Waals surface area contributed by atoms with Gasteiger partial charge in [0, 0.05) is 24.7 Å². The molecule has 8 nitrogen and oxygen atoms in total. The molecule has 0 bridgehead atoms. The molecule has 0 aromatic carbocycles. The van der Waals surface area contributed by atoms with Crippen molar-refractivity contribution in [3.63, 3.8) is 0 Å². The van der Waals surface area contributed by atoms with Crippen LogP contribution in [0, 0.1) is 39.4 Å². The van der Waals surface area contributed by atoms with Crippen LogP contribution in [0.25, 0.3) is 0 Å². The standard InChI is InChI=1S/C32H48O8/c1-18(34)40-27(2,3)14-13-24(37)31(8,39)26-21(35)15-29(6)22-11-9-19-20(10-12-23(36)28(19,4)5)32(22,17-33)25(38)16-30(26,29)7/h9,13-14,20-23,26,33,35-36,39H,10-12,15-17H2,1-8H3/b14-13+/t20-,21+,22-,23+,26+,29-,30+,31-,32-/m0/s1. The van der Waals surface area contributed by atoms with Crippen molar-refractivity contribution in [2.45, 2.75) is 111 Å².